The largest absolute Gasteiger partial charge is 0.496 e. The summed E-state index contributed by atoms with van der Waals surface area (Å²) in [6.45, 7) is 6.43. The maximum Gasteiger partial charge on any atom is 0.159 e. The van der Waals surface area contributed by atoms with E-state index in [9.17, 15) is 0 Å². The van der Waals surface area contributed by atoms with Gasteiger partial charge in [-0.3, -0.25) is 0 Å². The van der Waals surface area contributed by atoms with Crippen LogP contribution in [0.25, 0.3) is 0 Å². The lowest BCUT2D eigenvalue weighted by Crippen LogP contribution is -2.19. The van der Waals surface area contributed by atoms with Crippen LogP contribution in [0.15, 0.2) is 41.0 Å². The predicted molar refractivity (Wildman–Crippen MR) is 89.7 cm³/mol. The van der Waals surface area contributed by atoms with Gasteiger partial charge < -0.3 is 10.5 Å². The molecule has 1 atom stereocenters. The maximum atomic E-state index is 5.97. The molecule has 0 spiro atoms. The normalized spacial score (nSPS) is 18.7. The molecule has 110 valence electrons. The molecule has 0 fully saturated rings. The van der Waals surface area contributed by atoms with E-state index < -0.39 is 0 Å². The van der Waals surface area contributed by atoms with Gasteiger partial charge >= 0.3 is 0 Å². The number of nitrogens with zero attached hydrogens (tertiary/aromatic N) is 1. The van der Waals surface area contributed by atoms with Crippen LogP contribution >= 0.6 is 24.2 Å². The second-order valence-electron chi connectivity index (χ2n) is 5.53. The van der Waals surface area contributed by atoms with Crippen LogP contribution in [0.1, 0.15) is 31.6 Å². The highest BCUT2D eigenvalue weighted by Crippen LogP contribution is 2.42. The van der Waals surface area contributed by atoms with E-state index in [-0.39, 0.29) is 23.1 Å². The van der Waals surface area contributed by atoms with E-state index in [1.807, 2.05) is 18.2 Å². The molecule has 0 aromatic heterocycles. The number of para-hydroxylation sites is 1. The Kier molecular flexibility index (Phi) is 5.54. The second kappa shape index (κ2) is 6.55. The summed E-state index contributed by atoms with van der Waals surface area (Å²) in [5, 5.41) is 0.770. The molecule has 1 aliphatic rings. The molecule has 3 nitrogen and oxygen atoms in total. The lowest BCUT2D eigenvalue weighted by atomic mass is 9.91. The number of thioether (sulfide) groups is 1. The Morgan fingerprint density at radius 3 is 2.50 bits per heavy atom. The van der Waals surface area contributed by atoms with E-state index in [2.05, 4.69) is 37.9 Å². The van der Waals surface area contributed by atoms with E-state index in [1.54, 1.807) is 18.9 Å². The SMILES string of the molecule is COc1ccccc1C1C=C(C(C)(C)C)N=C(N)S1.Cl. The first-order valence-electron chi connectivity index (χ1n) is 6.28. The van der Waals surface area contributed by atoms with Crippen molar-refractivity contribution in [2.24, 2.45) is 16.1 Å². The van der Waals surface area contributed by atoms with Crippen LogP contribution < -0.4 is 10.5 Å². The molecule has 1 aromatic carbocycles. The third-order valence-corrected chi connectivity index (χ3v) is 3.98. The van der Waals surface area contributed by atoms with Crippen molar-refractivity contribution < 1.29 is 4.74 Å². The number of hydrogen-bond donors (Lipinski definition) is 1. The van der Waals surface area contributed by atoms with Crippen LogP contribution in [0.4, 0.5) is 0 Å². The number of rotatable bonds is 2. The first kappa shape index (κ1) is 16.9. The Balaban J connectivity index is 0.00000200. The van der Waals surface area contributed by atoms with Gasteiger partial charge in [0.1, 0.15) is 5.75 Å². The number of methoxy groups -OCH3 is 1. The lowest BCUT2D eigenvalue weighted by molar-refractivity contribution is 0.410. The Morgan fingerprint density at radius 1 is 1.25 bits per heavy atom. The minimum absolute atomic E-state index is 0. The maximum absolute atomic E-state index is 5.97. The molecule has 0 saturated carbocycles. The van der Waals surface area contributed by atoms with Crippen LogP contribution in [-0.2, 0) is 0 Å². The van der Waals surface area contributed by atoms with Gasteiger partial charge in [0.25, 0.3) is 0 Å². The number of nitrogens with two attached hydrogens (primary N) is 1. The topological polar surface area (TPSA) is 47.6 Å². The number of ether oxygens (including phenoxy) is 1. The molecule has 1 aromatic rings. The van der Waals surface area contributed by atoms with Gasteiger partial charge in [-0.1, -0.05) is 50.7 Å². The molecule has 0 bridgehead atoms. The molecule has 0 radical (unpaired) electrons. The van der Waals surface area contributed by atoms with E-state index in [1.165, 1.54) is 0 Å². The minimum Gasteiger partial charge on any atom is -0.496 e. The monoisotopic (exact) mass is 312 g/mol. The third kappa shape index (κ3) is 3.70. The zero-order valence-corrected chi connectivity index (χ0v) is 13.8. The van der Waals surface area contributed by atoms with E-state index in [0.29, 0.717) is 5.17 Å². The number of allylic oxidation sites excluding steroid dienone is 1. The Bertz CT molecular complexity index is 535. The van der Waals surface area contributed by atoms with Crippen molar-refractivity contribution in [1.82, 2.24) is 0 Å². The van der Waals surface area contributed by atoms with Crippen molar-refractivity contribution >= 4 is 29.3 Å². The van der Waals surface area contributed by atoms with Gasteiger partial charge in [-0.05, 0) is 12.1 Å². The van der Waals surface area contributed by atoms with E-state index >= 15 is 0 Å². The first-order valence-corrected chi connectivity index (χ1v) is 7.16. The zero-order valence-electron chi connectivity index (χ0n) is 12.2. The van der Waals surface area contributed by atoms with Crippen molar-refractivity contribution in [3.8, 4) is 5.75 Å². The Hall–Kier alpha value is -1.13. The fraction of sp³-hybridized carbons (Fsp3) is 0.400. The molecule has 20 heavy (non-hydrogen) atoms. The Labute approximate surface area is 131 Å². The van der Waals surface area contributed by atoms with Crippen molar-refractivity contribution in [2.45, 2.75) is 26.0 Å². The van der Waals surface area contributed by atoms with E-state index in [0.717, 1.165) is 17.0 Å². The Morgan fingerprint density at radius 2 is 1.90 bits per heavy atom. The van der Waals surface area contributed by atoms with Crippen molar-refractivity contribution in [3.05, 3.63) is 41.6 Å². The van der Waals surface area contributed by atoms with Gasteiger partial charge in [-0.25, -0.2) is 4.99 Å². The highest BCUT2D eigenvalue weighted by atomic mass is 35.5. The predicted octanol–water partition coefficient (Wildman–Crippen LogP) is 4.15. The van der Waals surface area contributed by atoms with Crippen LogP contribution in [0.5, 0.6) is 5.75 Å². The number of hydrogen-bond acceptors (Lipinski definition) is 4. The average Bonchev–Trinajstić information content (AvgIpc) is 2.37. The van der Waals surface area contributed by atoms with Gasteiger partial charge in [0.2, 0.25) is 0 Å². The first-order chi connectivity index (χ1) is 8.91. The highest BCUT2D eigenvalue weighted by molar-refractivity contribution is 8.14. The summed E-state index contributed by atoms with van der Waals surface area (Å²) >= 11 is 1.56. The summed E-state index contributed by atoms with van der Waals surface area (Å²) in [4.78, 5) is 4.46. The number of halogens is 1. The molecule has 1 heterocycles. The zero-order chi connectivity index (χ0) is 14.0. The van der Waals surface area contributed by atoms with Crippen molar-refractivity contribution in [2.75, 3.05) is 7.11 Å². The average molecular weight is 313 g/mol. The van der Waals surface area contributed by atoms with Crippen LogP contribution in [-0.4, -0.2) is 12.3 Å². The summed E-state index contributed by atoms with van der Waals surface area (Å²) in [5.41, 5.74) is 8.13. The molecule has 0 amide bonds. The highest BCUT2D eigenvalue weighted by Gasteiger charge is 2.26. The fourth-order valence-corrected chi connectivity index (χ4v) is 2.89. The summed E-state index contributed by atoms with van der Waals surface area (Å²) in [7, 11) is 1.69. The minimum atomic E-state index is -0.00807. The quantitative estimate of drug-likeness (QED) is 0.892. The fourth-order valence-electron chi connectivity index (χ4n) is 1.96. The molecule has 2 N–H and O–H groups in total. The second-order valence-corrected chi connectivity index (χ2v) is 6.69. The third-order valence-electron chi connectivity index (χ3n) is 3.00. The van der Waals surface area contributed by atoms with Gasteiger partial charge in [-0.2, -0.15) is 0 Å². The molecule has 0 saturated heterocycles. The summed E-state index contributed by atoms with van der Waals surface area (Å²) in [5.74, 6) is 0.888. The molecule has 1 aliphatic heterocycles. The summed E-state index contributed by atoms with van der Waals surface area (Å²) in [6.07, 6.45) is 2.18. The van der Waals surface area contributed by atoms with Crippen LogP contribution in [0.2, 0.25) is 0 Å². The van der Waals surface area contributed by atoms with Gasteiger partial charge in [0.05, 0.1) is 12.4 Å². The van der Waals surface area contributed by atoms with Crippen molar-refractivity contribution in [1.29, 1.82) is 0 Å². The lowest BCUT2D eigenvalue weighted by Gasteiger charge is -2.26. The smallest absolute Gasteiger partial charge is 0.159 e. The molecular weight excluding hydrogens is 292 g/mol. The molecule has 5 heteroatoms. The molecule has 0 aliphatic carbocycles. The number of benzene rings is 1. The van der Waals surface area contributed by atoms with Gasteiger partial charge in [-0.15, -0.1) is 12.4 Å². The van der Waals surface area contributed by atoms with Gasteiger partial charge in [0, 0.05) is 16.7 Å². The van der Waals surface area contributed by atoms with Crippen LogP contribution in [0, 0.1) is 5.41 Å². The molecule has 2 rings (SSSR count). The van der Waals surface area contributed by atoms with E-state index in [4.69, 9.17) is 10.5 Å². The number of amidine groups is 1. The molecular formula is C15H21ClN2OS. The summed E-state index contributed by atoms with van der Waals surface area (Å²) < 4.78 is 5.43. The molecule has 1 unspecified atom stereocenters. The van der Waals surface area contributed by atoms with Crippen molar-refractivity contribution in [3.63, 3.8) is 0 Å². The van der Waals surface area contributed by atoms with Gasteiger partial charge in [0.15, 0.2) is 5.17 Å². The number of aliphatic imine (C=N–C) groups is 1. The van der Waals surface area contributed by atoms with Crippen LogP contribution in [0.3, 0.4) is 0 Å². The summed E-state index contributed by atoms with van der Waals surface area (Å²) in [6, 6.07) is 8.04. The standard InChI is InChI=1S/C15H20N2OS.ClH/c1-15(2,3)13-9-12(19-14(16)17-13)10-7-5-6-8-11(10)18-4;/h5-9,12H,1-4H3,(H2,16,17);1H.